The molecule has 2 heterocycles. The van der Waals surface area contributed by atoms with Crippen molar-refractivity contribution in [3.63, 3.8) is 0 Å². The summed E-state index contributed by atoms with van der Waals surface area (Å²) < 4.78 is 32.5. The summed E-state index contributed by atoms with van der Waals surface area (Å²) in [7, 11) is 0. The van der Waals surface area contributed by atoms with E-state index in [1.54, 1.807) is 13.0 Å². The molecule has 1 aliphatic carbocycles. The molecule has 1 N–H and O–H groups in total. The predicted octanol–water partition coefficient (Wildman–Crippen LogP) is 5.71. The zero-order valence-electron chi connectivity index (χ0n) is 17.3. The van der Waals surface area contributed by atoms with E-state index >= 15 is 0 Å². The molecule has 0 amide bonds. The summed E-state index contributed by atoms with van der Waals surface area (Å²) in [6, 6.07) is 5.58. The van der Waals surface area contributed by atoms with E-state index in [1.165, 1.54) is 0 Å². The number of ketones is 1. The Balaban J connectivity index is 0.000000234. The fraction of sp³-hybridized carbons (Fsp3) is 0.591. The van der Waals surface area contributed by atoms with Crippen LogP contribution in [0.1, 0.15) is 68.9 Å². The van der Waals surface area contributed by atoms with Crippen LogP contribution < -0.4 is 0 Å². The van der Waals surface area contributed by atoms with E-state index in [9.17, 15) is 18.7 Å². The van der Waals surface area contributed by atoms with Crippen molar-refractivity contribution in [3.05, 3.63) is 40.7 Å². The van der Waals surface area contributed by atoms with Crippen LogP contribution in [0, 0.1) is 0 Å². The Kier molecular flexibility index (Phi) is 8.20. The predicted molar refractivity (Wildman–Crippen MR) is 111 cm³/mol. The van der Waals surface area contributed by atoms with Gasteiger partial charge in [-0.3, -0.25) is 4.79 Å². The molecule has 0 saturated heterocycles. The second kappa shape index (κ2) is 10.0. The van der Waals surface area contributed by atoms with E-state index in [1.807, 2.05) is 36.6 Å². The number of ether oxygens (including phenoxy) is 1. The molecule has 0 aliphatic heterocycles. The summed E-state index contributed by atoms with van der Waals surface area (Å²) >= 11 is 6.18. The van der Waals surface area contributed by atoms with Gasteiger partial charge in [0.2, 0.25) is 5.92 Å². The molecule has 2 aromatic heterocycles. The Bertz CT molecular complexity index is 825. The van der Waals surface area contributed by atoms with Crippen molar-refractivity contribution in [2.24, 2.45) is 0 Å². The third-order valence-electron chi connectivity index (χ3n) is 5.48. The van der Waals surface area contributed by atoms with E-state index in [2.05, 4.69) is 0 Å². The first kappa shape index (κ1) is 23.8. The van der Waals surface area contributed by atoms with E-state index in [4.69, 9.17) is 16.3 Å². The van der Waals surface area contributed by atoms with Gasteiger partial charge in [-0.2, -0.15) is 0 Å². The van der Waals surface area contributed by atoms with Crippen molar-refractivity contribution in [1.29, 1.82) is 0 Å². The number of nitrogens with zero attached hydrogens (tertiary/aromatic N) is 1. The number of Topliss-reactive ketones (excluding diaryl/α,β-unsaturated/α-hetero) is 1. The largest absolute Gasteiger partial charge is 0.390 e. The van der Waals surface area contributed by atoms with Crippen LogP contribution in [0.5, 0.6) is 0 Å². The maximum absolute atomic E-state index is 12.6. The maximum Gasteiger partial charge on any atom is 0.248 e. The summed E-state index contributed by atoms with van der Waals surface area (Å²) in [6.45, 7) is 6.71. The third kappa shape index (κ3) is 6.24. The van der Waals surface area contributed by atoms with Crippen LogP contribution in [-0.4, -0.2) is 40.0 Å². The second-order valence-corrected chi connectivity index (χ2v) is 7.97. The molecule has 0 bridgehead atoms. The molecular formula is C22H30ClF2NO3. The van der Waals surface area contributed by atoms with Crippen LogP contribution in [0.2, 0.25) is 5.02 Å². The van der Waals surface area contributed by atoms with Gasteiger partial charge in [0, 0.05) is 43.3 Å². The topological polar surface area (TPSA) is 50.9 Å². The minimum Gasteiger partial charge on any atom is -0.390 e. The number of carbonyl (C=O) groups excluding carboxylic acids is 1. The first-order valence-electron chi connectivity index (χ1n) is 10.1. The van der Waals surface area contributed by atoms with Gasteiger partial charge < -0.3 is 14.2 Å². The smallest absolute Gasteiger partial charge is 0.248 e. The van der Waals surface area contributed by atoms with Crippen molar-refractivity contribution in [2.75, 3.05) is 13.2 Å². The number of fused-ring (bicyclic) bond motifs is 1. The highest BCUT2D eigenvalue weighted by Gasteiger charge is 2.41. The number of alkyl halides is 2. The number of aliphatic hydroxyl groups is 1. The molecule has 0 radical (unpaired) electrons. The zero-order valence-corrected chi connectivity index (χ0v) is 18.1. The second-order valence-electron chi connectivity index (χ2n) is 7.56. The summed E-state index contributed by atoms with van der Waals surface area (Å²) in [6.07, 6.45) is 3.46. The number of pyridine rings is 1. The number of aromatic nitrogens is 1. The number of hydrogen-bond acceptors (Lipinski definition) is 3. The standard InChI is InChI=1S/C14H16ClNO2.C8H14F2O/c1-3-18-8-6-11-9-12(10(2)17)14-13(15)5-4-7-16(11)14;1-2-7(11)3-5-8(9,10)6-4-7/h4-5,7,9H,3,6,8H2,1-2H3;11H,2-6H2,1H3. The van der Waals surface area contributed by atoms with Gasteiger partial charge in [0.25, 0.3) is 0 Å². The zero-order chi connectivity index (χ0) is 21.7. The summed E-state index contributed by atoms with van der Waals surface area (Å²) in [5, 5.41) is 10.2. The Morgan fingerprint density at radius 3 is 2.48 bits per heavy atom. The van der Waals surface area contributed by atoms with Gasteiger partial charge in [-0.15, -0.1) is 0 Å². The van der Waals surface area contributed by atoms with E-state index in [-0.39, 0.29) is 31.5 Å². The lowest BCUT2D eigenvalue weighted by atomic mass is 9.81. The van der Waals surface area contributed by atoms with E-state index < -0.39 is 11.5 Å². The Morgan fingerprint density at radius 2 is 1.93 bits per heavy atom. The van der Waals surface area contributed by atoms with Gasteiger partial charge >= 0.3 is 0 Å². The molecule has 0 unspecified atom stereocenters. The summed E-state index contributed by atoms with van der Waals surface area (Å²) in [5.74, 6) is -2.50. The van der Waals surface area contributed by atoms with Crippen LogP contribution in [0.25, 0.3) is 5.52 Å². The molecule has 1 aliphatic rings. The van der Waals surface area contributed by atoms with Gasteiger partial charge in [-0.1, -0.05) is 18.5 Å². The highest BCUT2D eigenvalue weighted by atomic mass is 35.5. The molecule has 1 saturated carbocycles. The Hall–Kier alpha value is -1.50. The van der Waals surface area contributed by atoms with Crippen LogP contribution in [-0.2, 0) is 11.2 Å². The average molecular weight is 430 g/mol. The third-order valence-corrected chi connectivity index (χ3v) is 5.78. The minimum absolute atomic E-state index is 0.0308. The lowest BCUT2D eigenvalue weighted by Crippen LogP contribution is -2.37. The molecule has 4 nitrogen and oxygen atoms in total. The molecule has 3 rings (SSSR count). The first-order chi connectivity index (χ1) is 13.6. The molecule has 29 heavy (non-hydrogen) atoms. The van der Waals surface area contributed by atoms with Crippen LogP contribution >= 0.6 is 11.6 Å². The quantitative estimate of drug-likeness (QED) is 0.472. The van der Waals surface area contributed by atoms with Gasteiger partial charge in [-0.05, 0) is 51.3 Å². The maximum atomic E-state index is 12.6. The minimum atomic E-state index is -2.53. The Morgan fingerprint density at radius 1 is 1.28 bits per heavy atom. The highest BCUT2D eigenvalue weighted by molar-refractivity contribution is 6.34. The average Bonchev–Trinajstić information content (AvgIpc) is 3.06. The van der Waals surface area contributed by atoms with Crippen molar-refractivity contribution in [3.8, 4) is 0 Å². The van der Waals surface area contributed by atoms with Gasteiger partial charge in [0.05, 0.1) is 22.7 Å². The lowest BCUT2D eigenvalue weighted by Gasteiger charge is -2.34. The van der Waals surface area contributed by atoms with Crippen LogP contribution in [0.15, 0.2) is 24.4 Å². The van der Waals surface area contributed by atoms with Gasteiger partial charge in [0.1, 0.15) is 0 Å². The van der Waals surface area contributed by atoms with Crippen LogP contribution in [0.3, 0.4) is 0 Å². The summed E-state index contributed by atoms with van der Waals surface area (Å²) in [4.78, 5) is 11.7. The molecule has 1 fully saturated rings. The lowest BCUT2D eigenvalue weighted by molar-refractivity contribution is -0.104. The van der Waals surface area contributed by atoms with Crippen molar-refractivity contribution >= 4 is 22.9 Å². The monoisotopic (exact) mass is 429 g/mol. The molecule has 0 aromatic carbocycles. The number of rotatable bonds is 6. The molecule has 0 spiro atoms. The van der Waals surface area contributed by atoms with Crippen LogP contribution in [0.4, 0.5) is 8.78 Å². The number of halogens is 3. The van der Waals surface area contributed by atoms with Crippen molar-refractivity contribution < 1.29 is 23.4 Å². The van der Waals surface area contributed by atoms with Crippen molar-refractivity contribution in [2.45, 2.75) is 70.8 Å². The first-order valence-corrected chi connectivity index (χ1v) is 10.5. The normalized spacial score (nSPS) is 17.6. The Labute approximate surface area is 175 Å². The molecule has 2 aromatic rings. The molecule has 162 valence electrons. The number of carbonyl (C=O) groups is 1. The van der Waals surface area contributed by atoms with E-state index in [0.29, 0.717) is 30.2 Å². The van der Waals surface area contributed by atoms with Gasteiger partial charge in [0.15, 0.2) is 5.78 Å². The highest BCUT2D eigenvalue weighted by Crippen LogP contribution is 2.39. The fourth-order valence-electron chi connectivity index (χ4n) is 3.50. The molecule has 0 atom stereocenters. The fourth-order valence-corrected chi connectivity index (χ4v) is 3.77. The number of hydrogen-bond donors (Lipinski definition) is 1. The van der Waals surface area contributed by atoms with Crippen molar-refractivity contribution in [1.82, 2.24) is 4.40 Å². The molecular weight excluding hydrogens is 400 g/mol. The SMILES string of the molecule is CCC1(O)CCC(F)(F)CC1.CCOCCc1cc(C(C)=O)c2c(Cl)cccn12. The summed E-state index contributed by atoms with van der Waals surface area (Å²) in [5.41, 5.74) is 1.71. The van der Waals surface area contributed by atoms with Gasteiger partial charge in [-0.25, -0.2) is 8.78 Å². The van der Waals surface area contributed by atoms with E-state index in [0.717, 1.165) is 17.6 Å². The molecule has 7 heteroatoms.